The smallest absolute Gasteiger partial charge is 0.350 e. The van der Waals surface area contributed by atoms with Gasteiger partial charge in [0.25, 0.3) is 5.19 Å². The number of ether oxygens (including phenoxy) is 1. The van der Waals surface area contributed by atoms with E-state index in [1.807, 2.05) is 0 Å². The maximum Gasteiger partial charge on any atom is 0.350 e. The fraction of sp³-hybridized carbons (Fsp3) is 0.389. The SMILES string of the molecule is Cn1cnc(-c2ccc(-c3nnc(O[C@@H]4[C@H]5CN[C@H](C5)[C@@H]4F)s3)c(O)c2)nc1=O. The first kappa shape index (κ1) is 18.1. The lowest BCUT2D eigenvalue weighted by Crippen LogP contribution is -2.45. The van der Waals surface area contributed by atoms with Crippen molar-refractivity contribution in [2.75, 3.05) is 6.54 Å². The Bertz CT molecular complexity index is 1130. The van der Waals surface area contributed by atoms with Crippen LogP contribution >= 0.6 is 11.3 Å². The average Bonchev–Trinajstić information content (AvgIpc) is 3.42. The molecular formula is C18H17FN6O3S. The zero-order valence-corrected chi connectivity index (χ0v) is 16.1. The normalized spacial score (nSPS) is 25.4. The Morgan fingerprint density at radius 2 is 2.24 bits per heavy atom. The standard InChI is InChI=1S/C18H17FN6O3S/c1-25-7-21-15(22-17(25)27)8-2-3-10(12(26)5-8)16-23-24-18(29-16)28-14-9-4-11(13(14)19)20-6-9/h2-3,5,7,9,11,13-14,20,26H,4,6H2,1H3/t9-,11-,13+,14-/m1/s1. The summed E-state index contributed by atoms with van der Waals surface area (Å²) < 4.78 is 21.3. The first-order valence-electron chi connectivity index (χ1n) is 9.10. The minimum atomic E-state index is -1.06. The highest BCUT2D eigenvalue weighted by atomic mass is 32.1. The van der Waals surface area contributed by atoms with E-state index >= 15 is 0 Å². The molecule has 1 saturated heterocycles. The molecule has 1 aliphatic carbocycles. The second-order valence-electron chi connectivity index (χ2n) is 7.22. The van der Waals surface area contributed by atoms with E-state index in [4.69, 9.17) is 4.74 Å². The van der Waals surface area contributed by atoms with Gasteiger partial charge in [0.1, 0.15) is 18.2 Å². The molecule has 0 spiro atoms. The van der Waals surface area contributed by atoms with Crippen molar-refractivity contribution >= 4 is 11.3 Å². The fourth-order valence-electron chi connectivity index (χ4n) is 3.80. The highest BCUT2D eigenvalue weighted by Crippen LogP contribution is 2.39. The molecule has 4 atom stereocenters. The number of aromatic nitrogens is 5. The quantitative estimate of drug-likeness (QED) is 0.651. The summed E-state index contributed by atoms with van der Waals surface area (Å²) in [5.74, 6) is 0.297. The molecule has 5 rings (SSSR count). The molecule has 29 heavy (non-hydrogen) atoms. The van der Waals surface area contributed by atoms with Crippen LogP contribution in [0.5, 0.6) is 10.9 Å². The summed E-state index contributed by atoms with van der Waals surface area (Å²) in [6, 6.07) is 4.65. The van der Waals surface area contributed by atoms with Crippen LogP contribution in [-0.4, -0.2) is 54.7 Å². The maximum atomic E-state index is 14.3. The number of phenols is 1. The number of hydrogen-bond acceptors (Lipinski definition) is 9. The fourth-order valence-corrected chi connectivity index (χ4v) is 4.57. The van der Waals surface area contributed by atoms with Crippen molar-refractivity contribution in [3.8, 4) is 32.9 Å². The van der Waals surface area contributed by atoms with Gasteiger partial charge in [0.2, 0.25) is 0 Å². The zero-order chi connectivity index (χ0) is 20.1. The summed E-state index contributed by atoms with van der Waals surface area (Å²) in [4.78, 5) is 19.7. The van der Waals surface area contributed by atoms with Crippen molar-refractivity contribution < 1.29 is 14.2 Å². The molecule has 1 saturated carbocycles. The van der Waals surface area contributed by atoms with Gasteiger partial charge in [0, 0.05) is 31.1 Å². The first-order chi connectivity index (χ1) is 14.0. The Hall–Kier alpha value is -2.92. The molecule has 0 amide bonds. The van der Waals surface area contributed by atoms with Crippen LogP contribution in [0, 0.1) is 5.92 Å². The lowest BCUT2D eigenvalue weighted by Gasteiger charge is -2.25. The molecule has 9 nitrogen and oxygen atoms in total. The van der Waals surface area contributed by atoms with E-state index in [1.165, 1.54) is 17.0 Å². The number of hydrogen-bond donors (Lipinski definition) is 2. The summed E-state index contributed by atoms with van der Waals surface area (Å²) >= 11 is 1.15. The largest absolute Gasteiger partial charge is 0.507 e. The van der Waals surface area contributed by atoms with Gasteiger partial charge in [-0.25, -0.2) is 14.2 Å². The van der Waals surface area contributed by atoms with Gasteiger partial charge in [-0.3, -0.25) is 4.57 Å². The molecule has 3 heterocycles. The molecule has 2 aromatic heterocycles. The van der Waals surface area contributed by atoms with Crippen LogP contribution in [0.4, 0.5) is 4.39 Å². The molecule has 1 aromatic carbocycles. The van der Waals surface area contributed by atoms with E-state index in [9.17, 15) is 14.3 Å². The predicted molar refractivity (Wildman–Crippen MR) is 102 cm³/mol. The van der Waals surface area contributed by atoms with E-state index < -0.39 is 18.0 Å². The summed E-state index contributed by atoms with van der Waals surface area (Å²) in [5, 5.41) is 22.4. The number of fused-ring (bicyclic) bond motifs is 2. The molecule has 11 heteroatoms. The maximum absolute atomic E-state index is 14.3. The zero-order valence-electron chi connectivity index (χ0n) is 15.3. The second kappa shape index (κ2) is 6.85. The van der Waals surface area contributed by atoms with Gasteiger partial charge in [-0.2, -0.15) is 4.98 Å². The van der Waals surface area contributed by atoms with Gasteiger partial charge in [-0.15, -0.1) is 5.10 Å². The monoisotopic (exact) mass is 416 g/mol. The van der Waals surface area contributed by atoms with Crippen LogP contribution in [-0.2, 0) is 7.05 Å². The van der Waals surface area contributed by atoms with Gasteiger partial charge in [0.05, 0.1) is 5.56 Å². The highest BCUT2D eigenvalue weighted by Gasteiger charge is 2.50. The molecule has 1 aliphatic heterocycles. The van der Waals surface area contributed by atoms with Crippen LogP contribution < -0.4 is 15.7 Å². The summed E-state index contributed by atoms with van der Waals surface area (Å²) in [6.45, 7) is 0.744. The number of aromatic hydroxyl groups is 1. The number of alkyl halides is 1. The topological polar surface area (TPSA) is 115 Å². The number of aryl methyl sites for hydroxylation is 1. The van der Waals surface area contributed by atoms with Crippen LogP contribution in [0.25, 0.3) is 22.0 Å². The number of rotatable bonds is 4. The minimum absolute atomic E-state index is 0.0537. The molecule has 150 valence electrons. The van der Waals surface area contributed by atoms with Crippen molar-refractivity contribution in [2.45, 2.75) is 24.7 Å². The van der Waals surface area contributed by atoms with Crippen molar-refractivity contribution in [2.24, 2.45) is 13.0 Å². The van der Waals surface area contributed by atoms with Gasteiger partial charge >= 0.3 is 5.69 Å². The van der Waals surface area contributed by atoms with Crippen molar-refractivity contribution in [3.63, 3.8) is 0 Å². The van der Waals surface area contributed by atoms with Crippen LogP contribution in [0.3, 0.4) is 0 Å². The summed E-state index contributed by atoms with van der Waals surface area (Å²) in [5.41, 5.74) is 0.516. The number of piperidine rings is 1. The Morgan fingerprint density at radius 3 is 2.97 bits per heavy atom. The van der Waals surface area contributed by atoms with Crippen molar-refractivity contribution in [3.05, 3.63) is 35.0 Å². The molecular weight excluding hydrogens is 399 g/mol. The Kier molecular flexibility index (Phi) is 4.28. The van der Waals surface area contributed by atoms with Crippen molar-refractivity contribution in [1.29, 1.82) is 0 Å². The third-order valence-electron chi connectivity index (χ3n) is 5.35. The number of nitrogens with zero attached hydrogens (tertiary/aromatic N) is 5. The molecule has 0 radical (unpaired) electrons. The molecule has 2 fully saturated rings. The van der Waals surface area contributed by atoms with E-state index in [0.29, 0.717) is 16.1 Å². The number of benzene rings is 1. The Morgan fingerprint density at radius 1 is 1.38 bits per heavy atom. The van der Waals surface area contributed by atoms with Crippen molar-refractivity contribution in [1.82, 2.24) is 30.0 Å². The van der Waals surface area contributed by atoms with Gasteiger partial charge < -0.3 is 15.2 Å². The van der Waals surface area contributed by atoms with Crippen LogP contribution in [0.1, 0.15) is 6.42 Å². The van der Waals surface area contributed by atoms with E-state index in [1.54, 1.807) is 19.2 Å². The lowest BCUT2D eigenvalue weighted by molar-refractivity contribution is 0.0652. The van der Waals surface area contributed by atoms with Gasteiger partial charge in [-0.1, -0.05) is 22.5 Å². The molecule has 2 N–H and O–H groups in total. The van der Waals surface area contributed by atoms with E-state index in [-0.39, 0.29) is 28.7 Å². The summed E-state index contributed by atoms with van der Waals surface area (Å²) in [6.07, 6.45) is 0.556. The number of phenolic OH excluding ortho intramolecular Hbond substituents is 1. The first-order valence-corrected chi connectivity index (χ1v) is 9.92. The molecule has 3 aromatic rings. The Balaban J connectivity index is 1.37. The third kappa shape index (κ3) is 3.15. The predicted octanol–water partition coefficient (Wildman–Crippen LogP) is 1.14. The van der Waals surface area contributed by atoms with E-state index in [0.717, 1.165) is 24.3 Å². The molecule has 2 bridgehead atoms. The Labute approximate surface area is 168 Å². The summed E-state index contributed by atoms with van der Waals surface area (Å²) in [7, 11) is 1.56. The lowest BCUT2D eigenvalue weighted by atomic mass is 10.1. The number of halogens is 1. The molecule has 2 aliphatic rings. The van der Waals surface area contributed by atoms with Gasteiger partial charge in [-0.05, 0) is 18.6 Å². The number of nitrogens with one attached hydrogen (secondary N) is 1. The second-order valence-corrected chi connectivity index (χ2v) is 8.16. The van der Waals surface area contributed by atoms with Gasteiger partial charge in [0.15, 0.2) is 17.0 Å². The van der Waals surface area contributed by atoms with E-state index in [2.05, 4.69) is 25.5 Å². The van der Waals surface area contributed by atoms with Crippen LogP contribution in [0.15, 0.2) is 29.3 Å². The highest BCUT2D eigenvalue weighted by molar-refractivity contribution is 7.16. The third-order valence-corrected chi connectivity index (χ3v) is 6.20. The average molecular weight is 416 g/mol. The van der Waals surface area contributed by atoms with Crippen LogP contribution in [0.2, 0.25) is 0 Å². The minimum Gasteiger partial charge on any atom is -0.507 e. The molecule has 0 unspecified atom stereocenters.